The van der Waals surface area contributed by atoms with E-state index in [4.69, 9.17) is 4.74 Å². The highest BCUT2D eigenvalue weighted by atomic mass is 16.5. The van der Waals surface area contributed by atoms with E-state index in [1.165, 1.54) is 7.11 Å². The molecule has 0 bridgehead atoms. The smallest absolute Gasteiger partial charge is 0.340 e. The predicted octanol–water partition coefficient (Wildman–Crippen LogP) is 2.75. The Morgan fingerprint density at radius 1 is 1.29 bits per heavy atom. The molecule has 5 nitrogen and oxygen atoms in total. The summed E-state index contributed by atoms with van der Waals surface area (Å²) < 4.78 is 6.62. The molecule has 2 aromatic rings. The van der Waals surface area contributed by atoms with Gasteiger partial charge < -0.3 is 9.30 Å². The third-order valence-electron chi connectivity index (χ3n) is 3.51. The summed E-state index contributed by atoms with van der Waals surface area (Å²) in [5.41, 5.74) is 1.35. The molecule has 21 heavy (non-hydrogen) atoms. The number of fused-ring (bicyclic) bond motifs is 1. The third-order valence-corrected chi connectivity index (χ3v) is 3.51. The Kier molecular flexibility index (Phi) is 3.85. The standard InChI is InChI=1S/C16H20N2O3/c1-10-17-14-11(15(20)21-5)7-6-8-12(14)18(10)9-13(19)16(2,3)4/h6-8H,9H2,1-5H3. The Labute approximate surface area is 123 Å². The molecule has 0 aliphatic rings. The van der Waals surface area contributed by atoms with Gasteiger partial charge >= 0.3 is 5.97 Å². The number of imidazole rings is 1. The molecule has 0 amide bonds. The number of carbonyl (C=O) groups is 2. The minimum atomic E-state index is -0.424. The molecule has 0 fully saturated rings. The van der Waals surface area contributed by atoms with Crippen LogP contribution in [0, 0.1) is 12.3 Å². The van der Waals surface area contributed by atoms with Crippen molar-refractivity contribution in [3.05, 3.63) is 29.6 Å². The van der Waals surface area contributed by atoms with Gasteiger partial charge in [-0.2, -0.15) is 0 Å². The van der Waals surface area contributed by atoms with Gasteiger partial charge in [-0.05, 0) is 19.1 Å². The van der Waals surface area contributed by atoms with Gasteiger partial charge in [-0.25, -0.2) is 9.78 Å². The Morgan fingerprint density at radius 3 is 2.52 bits per heavy atom. The van der Waals surface area contributed by atoms with Crippen LogP contribution >= 0.6 is 0 Å². The molecule has 0 spiro atoms. The normalized spacial score (nSPS) is 11.7. The highest BCUT2D eigenvalue weighted by Gasteiger charge is 2.24. The second kappa shape index (κ2) is 5.31. The van der Waals surface area contributed by atoms with E-state index in [-0.39, 0.29) is 12.3 Å². The number of methoxy groups -OCH3 is 1. The van der Waals surface area contributed by atoms with Crippen LogP contribution in [-0.4, -0.2) is 28.4 Å². The monoisotopic (exact) mass is 288 g/mol. The van der Waals surface area contributed by atoms with Crippen molar-refractivity contribution in [3.63, 3.8) is 0 Å². The number of aromatic nitrogens is 2. The van der Waals surface area contributed by atoms with Crippen LogP contribution in [-0.2, 0) is 16.1 Å². The Bertz CT molecular complexity index is 708. The quantitative estimate of drug-likeness (QED) is 0.815. The summed E-state index contributed by atoms with van der Waals surface area (Å²) in [5.74, 6) is 0.403. The summed E-state index contributed by atoms with van der Waals surface area (Å²) >= 11 is 0. The molecule has 2 rings (SSSR count). The zero-order chi connectivity index (χ0) is 15.8. The first kappa shape index (κ1) is 15.2. The first-order valence-electron chi connectivity index (χ1n) is 6.83. The molecule has 0 aliphatic heterocycles. The zero-order valence-electron chi connectivity index (χ0n) is 13.1. The highest BCUT2D eigenvalue weighted by Crippen LogP contribution is 2.23. The number of esters is 1. The number of aryl methyl sites for hydroxylation is 1. The second-order valence-electron chi connectivity index (χ2n) is 6.08. The van der Waals surface area contributed by atoms with Crippen molar-refractivity contribution in [2.45, 2.75) is 34.2 Å². The van der Waals surface area contributed by atoms with Crippen molar-refractivity contribution >= 4 is 22.8 Å². The molecule has 0 atom stereocenters. The van der Waals surface area contributed by atoms with Crippen molar-refractivity contribution in [2.24, 2.45) is 5.41 Å². The number of ketones is 1. The lowest BCUT2D eigenvalue weighted by Gasteiger charge is -2.17. The van der Waals surface area contributed by atoms with Crippen LogP contribution in [0.1, 0.15) is 37.0 Å². The molecule has 0 N–H and O–H groups in total. The number of benzene rings is 1. The van der Waals surface area contributed by atoms with Crippen molar-refractivity contribution in [1.29, 1.82) is 0 Å². The maximum atomic E-state index is 12.3. The Balaban J connectivity index is 2.54. The average molecular weight is 288 g/mol. The average Bonchev–Trinajstić information content (AvgIpc) is 2.73. The molecule has 112 valence electrons. The maximum Gasteiger partial charge on any atom is 0.340 e. The summed E-state index contributed by atoms with van der Waals surface area (Å²) in [6.45, 7) is 7.75. The Hall–Kier alpha value is -2.17. The molecule has 0 saturated carbocycles. The van der Waals surface area contributed by atoms with E-state index in [9.17, 15) is 9.59 Å². The van der Waals surface area contributed by atoms with E-state index >= 15 is 0 Å². The molecular weight excluding hydrogens is 268 g/mol. The van der Waals surface area contributed by atoms with Crippen LogP contribution < -0.4 is 0 Å². The molecule has 0 radical (unpaired) electrons. The van der Waals surface area contributed by atoms with E-state index in [0.717, 1.165) is 5.52 Å². The van der Waals surface area contributed by atoms with Gasteiger partial charge in [0.25, 0.3) is 0 Å². The van der Waals surface area contributed by atoms with Gasteiger partial charge in [-0.15, -0.1) is 0 Å². The van der Waals surface area contributed by atoms with E-state index < -0.39 is 11.4 Å². The van der Waals surface area contributed by atoms with Crippen LogP contribution in [0.15, 0.2) is 18.2 Å². The molecular formula is C16H20N2O3. The van der Waals surface area contributed by atoms with E-state index in [2.05, 4.69) is 4.98 Å². The van der Waals surface area contributed by atoms with Crippen LogP contribution in [0.3, 0.4) is 0 Å². The maximum absolute atomic E-state index is 12.3. The minimum Gasteiger partial charge on any atom is -0.465 e. The van der Waals surface area contributed by atoms with Crippen molar-refractivity contribution in [1.82, 2.24) is 9.55 Å². The SMILES string of the molecule is COC(=O)c1cccc2c1nc(C)n2CC(=O)C(C)(C)C. The third kappa shape index (κ3) is 2.82. The summed E-state index contributed by atoms with van der Waals surface area (Å²) in [6, 6.07) is 5.31. The topological polar surface area (TPSA) is 61.2 Å². The lowest BCUT2D eigenvalue weighted by Crippen LogP contribution is -2.25. The molecule has 1 heterocycles. The highest BCUT2D eigenvalue weighted by molar-refractivity contribution is 6.02. The number of para-hydroxylation sites is 1. The number of nitrogens with zero attached hydrogens (tertiary/aromatic N) is 2. The van der Waals surface area contributed by atoms with Crippen molar-refractivity contribution in [2.75, 3.05) is 7.11 Å². The predicted molar refractivity (Wildman–Crippen MR) is 80.3 cm³/mol. The summed E-state index contributed by atoms with van der Waals surface area (Å²) in [5, 5.41) is 0. The van der Waals surface area contributed by atoms with Gasteiger partial charge in [0.2, 0.25) is 0 Å². The Morgan fingerprint density at radius 2 is 1.95 bits per heavy atom. The molecule has 0 saturated heterocycles. The number of rotatable bonds is 3. The van der Waals surface area contributed by atoms with E-state index in [1.807, 2.05) is 38.3 Å². The first-order chi connectivity index (χ1) is 9.75. The van der Waals surface area contributed by atoms with Gasteiger partial charge in [0.1, 0.15) is 11.3 Å². The van der Waals surface area contributed by atoms with E-state index in [0.29, 0.717) is 16.9 Å². The molecule has 0 unspecified atom stereocenters. The lowest BCUT2D eigenvalue weighted by molar-refractivity contribution is -0.126. The van der Waals surface area contributed by atoms with Gasteiger partial charge in [-0.1, -0.05) is 26.8 Å². The van der Waals surface area contributed by atoms with Gasteiger partial charge in [0.05, 0.1) is 24.7 Å². The van der Waals surface area contributed by atoms with Crippen molar-refractivity contribution < 1.29 is 14.3 Å². The largest absolute Gasteiger partial charge is 0.465 e. The van der Waals surface area contributed by atoms with Gasteiger partial charge in [-0.3, -0.25) is 4.79 Å². The fourth-order valence-electron chi connectivity index (χ4n) is 2.12. The number of ether oxygens (including phenoxy) is 1. The van der Waals surface area contributed by atoms with Crippen LogP contribution in [0.2, 0.25) is 0 Å². The number of carbonyl (C=O) groups excluding carboxylic acids is 2. The number of hydrogen-bond donors (Lipinski definition) is 0. The minimum absolute atomic E-state index is 0.119. The molecule has 0 aliphatic carbocycles. The fourth-order valence-corrected chi connectivity index (χ4v) is 2.12. The van der Waals surface area contributed by atoms with Crippen LogP contribution in [0.4, 0.5) is 0 Å². The fraction of sp³-hybridized carbons (Fsp3) is 0.438. The number of Topliss-reactive ketones (excluding diaryl/α,β-unsaturated/α-hetero) is 1. The molecule has 1 aromatic carbocycles. The second-order valence-corrected chi connectivity index (χ2v) is 6.08. The molecule has 1 aromatic heterocycles. The van der Waals surface area contributed by atoms with Gasteiger partial charge in [0, 0.05) is 5.41 Å². The van der Waals surface area contributed by atoms with Crippen molar-refractivity contribution in [3.8, 4) is 0 Å². The van der Waals surface area contributed by atoms with Crippen LogP contribution in [0.25, 0.3) is 11.0 Å². The lowest BCUT2D eigenvalue weighted by atomic mass is 9.91. The van der Waals surface area contributed by atoms with E-state index in [1.54, 1.807) is 12.1 Å². The summed E-state index contributed by atoms with van der Waals surface area (Å²) in [6.07, 6.45) is 0. The van der Waals surface area contributed by atoms with Crippen LogP contribution in [0.5, 0.6) is 0 Å². The summed E-state index contributed by atoms with van der Waals surface area (Å²) in [4.78, 5) is 28.5. The number of hydrogen-bond acceptors (Lipinski definition) is 4. The first-order valence-corrected chi connectivity index (χ1v) is 6.83. The molecule has 5 heteroatoms. The summed E-state index contributed by atoms with van der Waals surface area (Å²) in [7, 11) is 1.34. The zero-order valence-corrected chi connectivity index (χ0v) is 13.1. The van der Waals surface area contributed by atoms with Gasteiger partial charge in [0.15, 0.2) is 5.78 Å².